The van der Waals surface area contributed by atoms with Gasteiger partial charge in [0.15, 0.2) is 12.3 Å². The van der Waals surface area contributed by atoms with Crippen LogP contribution in [-0.2, 0) is 46.3 Å². The normalized spacial score (nSPS) is 19.8. The highest BCUT2D eigenvalue weighted by Crippen LogP contribution is 2.60. The second-order valence-electron chi connectivity index (χ2n) is 19.4. The first-order valence-electron chi connectivity index (χ1n) is 27.4. The van der Waals surface area contributed by atoms with Crippen molar-refractivity contribution in [2.75, 3.05) is 25.6 Å². The number of allylic oxidation sites excluding steroid dienone is 10. The molecule has 76 heavy (non-hydrogen) atoms. The van der Waals surface area contributed by atoms with E-state index >= 15 is 0 Å². The number of hydrogen-bond donors (Lipinski definition) is 6. The molecule has 0 saturated carbocycles. The molecule has 432 valence electrons. The number of unbranched alkanes of at least 4 members (excludes halogenated alkanes) is 14. The number of nitrogens with two attached hydrogens (primary N) is 1. The number of aliphatic hydroxyl groups is 3. The number of phosphoric ester groups is 2. The lowest BCUT2D eigenvalue weighted by Gasteiger charge is -2.21. The van der Waals surface area contributed by atoms with Crippen molar-refractivity contribution >= 4 is 33.4 Å². The molecule has 0 bridgehead atoms. The molecule has 1 saturated heterocycles. The van der Waals surface area contributed by atoms with Crippen LogP contribution in [-0.4, -0.2) is 96.9 Å². The van der Waals surface area contributed by atoms with Crippen molar-refractivity contribution in [3.05, 3.63) is 95.7 Å². The Bertz CT molecular complexity index is 2090. The highest BCUT2D eigenvalue weighted by Gasteiger charge is 2.46. The fourth-order valence-electron chi connectivity index (χ4n) is 7.84. The van der Waals surface area contributed by atoms with Crippen LogP contribution in [0.2, 0.25) is 0 Å². The first-order valence-corrected chi connectivity index (χ1v) is 30.4. The third kappa shape index (κ3) is 34.1. The van der Waals surface area contributed by atoms with Gasteiger partial charge in [-0.05, 0) is 56.9 Å². The first-order chi connectivity index (χ1) is 36.4. The molecular formula is C55H91N3O16P2. The number of aliphatic hydroxyl groups excluding tert-OH is 3. The van der Waals surface area contributed by atoms with Gasteiger partial charge >= 0.3 is 33.3 Å². The molecule has 0 spiro atoms. The zero-order valence-electron chi connectivity index (χ0n) is 45.3. The molecule has 2 heterocycles. The van der Waals surface area contributed by atoms with E-state index in [1.807, 2.05) is 12.2 Å². The lowest BCUT2D eigenvalue weighted by Crippen LogP contribution is -2.36. The SMILES string of the molecule is CC/C=C\C/C=C\C/C=C\C/C=C\C=C/C(O)C/C=C\CCC(=O)O[C@H](COC(=O)CCCCCCCCCCCCCCCCCC(C)C)COP(=O)(O)OP(=O)(O)OC[C@H]1O[C@@H](n2ccc(N)nc2=O)[C@H](O)[C@@H]1O. The Morgan fingerprint density at radius 1 is 0.737 bits per heavy atom. The second-order valence-corrected chi connectivity index (χ2v) is 22.4. The minimum Gasteiger partial charge on any atom is -0.462 e. The Hall–Kier alpha value is -3.84. The lowest BCUT2D eigenvalue weighted by molar-refractivity contribution is -0.161. The van der Waals surface area contributed by atoms with Gasteiger partial charge in [0.2, 0.25) is 0 Å². The molecule has 1 aromatic heterocycles. The number of esters is 2. The van der Waals surface area contributed by atoms with Gasteiger partial charge in [-0.25, -0.2) is 13.9 Å². The smallest absolute Gasteiger partial charge is 0.462 e. The summed E-state index contributed by atoms with van der Waals surface area (Å²) in [5.41, 5.74) is 4.58. The van der Waals surface area contributed by atoms with Crippen molar-refractivity contribution < 1.29 is 71.4 Å². The number of nitrogen functional groups attached to an aromatic ring is 1. The average Bonchev–Trinajstić information content (AvgIpc) is 3.64. The largest absolute Gasteiger partial charge is 0.481 e. The van der Waals surface area contributed by atoms with Crippen molar-refractivity contribution in [3.63, 3.8) is 0 Å². The summed E-state index contributed by atoms with van der Waals surface area (Å²) in [5.74, 6) is -0.691. The van der Waals surface area contributed by atoms with Crippen LogP contribution in [0.1, 0.15) is 181 Å². The van der Waals surface area contributed by atoms with Gasteiger partial charge in [0.05, 0.1) is 19.3 Å². The summed E-state index contributed by atoms with van der Waals surface area (Å²) in [6.45, 7) is 4.21. The minimum atomic E-state index is -5.47. The number of carbonyl (C=O) groups excluding carboxylic acids is 2. The summed E-state index contributed by atoms with van der Waals surface area (Å²) in [7, 11) is -10.9. The predicted octanol–water partition coefficient (Wildman–Crippen LogP) is 10.9. The molecule has 0 aromatic carbocycles. The van der Waals surface area contributed by atoms with Gasteiger partial charge in [0.25, 0.3) is 0 Å². The molecule has 21 heteroatoms. The number of anilines is 1. The summed E-state index contributed by atoms with van der Waals surface area (Å²) >= 11 is 0. The highest BCUT2D eigenvalue weighted by molar-refractivity contribution is 7.61. The molecular weight excluding hydrogens is 1020 g/mol. The molecule has 8 atom stereocenters. The fourth-order valence-corrected chi connectivity index (χ4v) is 9.95. The van der Waals surface area contributed by atoms with E-state index in [1.54, 1.807) is 24.3 Å². The van der Waals surface area contributed by atoms with E-state index in [4.69, 9.17) is 29.0 Å². The molecule has 1 aliphatic heterocycles. The average molecular weight is 1110 g/mol. The van der Waals surface area contributed by atoms with Gasteiger partial charge in [-0.15, -0.1) is 0 Å². The maximum atomic E-state index is 12.9. The van der Waals surface area contributed by atoms with Gasteiger partial charge in [-0.1, -0.05) is 190 Å². The third-order valence-electron chi connectivity index (χ3n) is 12.1. The molecule has 1 fully saturated rings. The second kappa shape index (κ2) is 41.2. The molecule has 3 unspecified atom stereocenters. The topological polar surface area (TPSA) is 286 Å². The zero-order valence-corrected chi connectivity index (χ0v) is 47.1. The molecule has 0 amide bonds. The van der Waals surface area contributed by atoms with Gasteiger partial charge < -0.3 is 45.1 Å². The van der Waals surface area contributed by atoms with Gasteiger partial charge in [0, 0.05) is 19.0 Å². The summed E-state index contributed by atoms with van der Waals surface area (Å²) in [6, 6.07) is 1.24. The lowest BCUT2D eigenvalue weighted by atomic mass is 10.0. The third-order valence-corrected chi connectivity index (χ3v) is 14.7. The van der Waals surface area contributed by atoms with Crippen molar-refractivity contribution in [1.29, 1.82) is 0 Å². The van der Waals surface area contributed by atoms with Gasteiger partial charge in [0.1, 0.15) is 30.7 Å². The predicted molar refractivity (Wildman–Crippen MR) is 294 cm³/mol. The Kier molecular flexibility index (Phi) is 37.0. The van der Waals surface area contributed by atoms with E-state index in [-0.39, 0.29) is 31.5 Å². The van der Waals surface area contributed by atoms with E-state index in [9.17, 15) is 48.6 Å². The van der Waals surface area contributed by atoms with Crippen molar-refractivity contribution in [3.8, 4) is 0 Å². The number of carbonyl (C=O) groups is 2. The quantitative estimate of drug-likeness (QED) is 0.0116. The Morgan fingerprint density at radius 3 is 1.89 bits per heavy atom. The van der Waals surface area contributed by atoms with Crippen molar-refractivity contribution in [2.45, 2.75) is 212 Å². The first kappa shape index (κ1) is 68.3. The van der Waals surface area contributed by atoms with Crippen LogP contribution in [0.25, 0.3) is 0 Å². The van der Waals surface area contributed by atoms with Crippen molar-refractivity contribution in [1.82, 2.24) is 9.55 Å². The van der Waals surface area contributed by atoms with E-state index in [1.165, 1.54) is 76.7 Å². The zero-order chi connectivity index (χ0) is 55.9. The van der Waals surface area contributed by atoms with Crippen molar-refractivity contribution in [2.24, 2.45) is 5.92 Å². The molecule has 19 nitrogen and oxygen atoms in total. The molecule has 0 radical (unpaired) electrons. The van der Waals surface area contributed by atoms with Crippen LogP contribution in [0.15, 0.2) is 90.0 Å². The molecule has 7 N–H and O–H groups in total. The number of aromatic nitrogens is 2. The number of nitrogens with zero attached hydrogens (tertiary/aromatic N) is 2. The number of rotatable bonds is 44. The molecule has 1 aliphatic rings. The van der Waals surface area contributed by atoms with E-state index in [0.29, 0.717) is 6.42 Å². The maximum absolute atomic E-state index is 12.9. The van der Waals surface area contributed by atoms with Gasteiger partial charge in [-0.3, -0.25) is 23.2 Å². The fraction of sp³-hybridized carbons (Fsp3) is 0.673. The highest BCUT2D eigenvalue weighted by atomic mass is 31.3. The monoisotopic (exact) mass is 1110 g/mol. The van der Waals surface area contributed by atoms with E-state index in [0.717, 1.165) is 68.0 Å². The molecule has 2 rings (SSSR count). The molecule has 1 aromatic rings. The number of phosphoric acid groups is 2. The van der Waals surface area contributed by atoms with Crippen LogP contribution < -0.4 is 11.4 Å². The van der Waals surface area contributed by atoms with Crippen LogP contribution in [0.4, 0.5) is 5.82 Å². The number of hydrogen-bond acceptors (Lipinski definition) is 16. The van der Waals surface area contributed by atoms with Crippen LogP contribution in [0.5, 0.6) is 0 Å². The summed E-state index contributed by atoms with van der Waals surface area (Å²) in [6.07, 6.45) is 38.7. The van der Waals surface area contributed by atoms with Gasteiger partial charge in [-0.2, -0.15) is 9.29 Å². The minimum absolute atomic E-state index is 0.0892. The van der Waals surface area contributed by atoms with E-state index < -0.39 is 89.8 Å². The van der Waals surface area contributed by atoms with E-state index in [2.05, 4.69) is 66.5 Å². The Balaban J connectivity index is 1.83. The number of ether oxygens (including phenoxy) is 3. The standard InChI is InChI=1S/C55H91N3O16P2/c1-4-5-6-7-8-9-10-14-18-21-24-27-31-36-46(59)37-32-29-34-39-51(61)72-47(42-69-50(60)38-33-28-25-22-19-16-13-11-12-15-17-20-23-26-30-35-45(2)3)43-70-75(65,66)74-76(67,68)71-44-48-52(62)53(63)54(73-48)58-41-40-49(56)57-55(58)64/h5-6,8-9,14,18,24,27,29,31-32,36,40-41,45-48,52-54,59,62-63H,4,7,10-13,15-17,19-23,25-26,28,30,33-35,37-39,42-44H2,1-3H3,(H,65,66)(H,67,68)(H2,56,57,64)/b6-5-,9-8-,18-14-,27-24-,32-29-,36-31-/t46?,47-,48-,52-,53-,54-/m1/s1. The maximum Gasteiger partial charge on any atom is 0.481 e. The van der Waals surface area contributed by atoms with Crippen LogP contribution in [0.3, 0.4) is 0 Å². The Morgan fingerprint density at radius 2 is 1.30 bits per heavy atom. The Labute approximate surface area is 451 Å². The summed E-state index contributed by atoms with van der Waals surface area (Å²) in [5, 5.41) is 31.3. The summed E-state index contributed by atoms with van der Waals surface area (Å²) in [4.78, 5) is 62.0. The van der Waals surface area contributed by atoms with Crippen LogP contribution >= 0.6 is 15.6 Å². The van der Waals surface area contributed by atoms with Crippen LogP contribution in [0, 0.1) is 5.92 Å². The summed E-state index contributed by atoms with van der Waals surface area (Å²) < 4.78 is 56.7. The molecule has 0 aliphatic carbocycles.